The van der Waals surface area contributed by atoms with Crippen molar-refractivity contribution in [3.8, 4) is 0 Å². The summed E-state index contributed by atoms with van der Waals surface area (Å²) >= 11 is 0. The van der Waals surface area contributed by atoms with Crippen LogP contribution >= 0.6 is 0 Å². The van der Waals surface area contributed by atoms with E-state index in [4.69, 9.17) is 9.47 Å². The predicted molar refractivity (Wildman–Crippen MR) is 343 cm³/mol. The Bertz CT molecular complexity index is 1460. The van der Waals surface area contributed by atoms with Crippen LogP contribution in [0.15, 0.2) is 97.2 Å². The molecule has 0 aromatic carbocycles. The highest BCUT2D eigenvalue weighted by Crippen LogP contribution is 2.18. The van der Waals surface area contributed by atoms with E-state index in [-0.39, 0.29) is 25.2 Å². The molecule has 0 aliphatic carbocycles. The van der Waals surface area contributed by atoms with E-state index in [0.717, 1.165) is 89.9 Å². The minimum atomic E-state index is -0.784. The number of aliphatic hydroxyl groups excluding tert-OH is 1. The summed E-state index contributed by atoms with van der Waals surface area (Å²) in [5, 5.41) is 9.69. The number of carbonyl (C=O) groups excluding carboxylic acids is 2. The first-order chi connectivity index (χ1) is 38.6. The van der Waals surface area contributed by atoms with Gasteiger partial charge in [-0.25, -0.2) is 0 Å². The molecule has 0 radical (unpaired) electrons. The molecule has 0 heterocycles. The molecule has 0 aliphatic heterocycles. The van der Waals surface area contributed by atoms with E-state index >= 15 is 0 Å². The zero-order chi connectivity index (χ0) is 56.2. The molecule has 0 saturated carbocycles. The Labute approximate surface area is 485 Å². The zero-order valence-corrected chi connectivity index (χ0v) is 51.7. The van der Waals surface area contributed by atoms with Gasteiger partial charge in [0.05, 0.1) is 6.61 Å². The lowest BCUT2D eigenvalue weighted by molar-refractivity contribution is -0.161. The van der Waals surface area contributed by atoms with E-state index in [2.05, 4.69) is 111 Å². The van der Waals surface area contributed by atoms with Gasteiger partial charge in [-0.1, -0.05) is 323 Å². The summed E-state index contributed by atoms with van der Waals surface area (Å²) in [5.41, 5.74) is 0. The fourth-order valence-electron chi connectivity index (χ4n) is 9.83. The third-order valence-electron chi connectivity index (χ3n) is 14.9. The Kier molecular flexibility index (Phi) is 65.3. The number of esters is 2. The number of carbonyl (C=O) groups is 2. The van der Waals surface area contributed by atoms with Crippen molar-refractivity contribution in [2.24, 2.45) is 0 Å². The van der Waals surface area contributed by atoms with Gasteiger partial charge < -0.3 is 14.6 Å². The van der Waals surface area contributed by atoms with Crippen molar-refractivity contribution >= 4 is 11.9 Å². The van der Waals surface area contributed by atoms with E-state index < -0.39 is 6.10 Å². The van der Waals surface area contributed by atoms with Crippen LogP contribution in [0.5, 0.6) is 0 Å². The first-order valence-electron chi connectivity index (χ1n) is 33.8. The van der Waals surface area contributed by atoms with Gasteiger partial charge in [0.1, 0.15) is 6.61 Å². The Hall–Kier alpha value is -3.18. The van der Waals surface area contributed by atoms with Gasteiger partial charge in [-0.2, -0.15) is 0 Å². The zero-order valence-electron chi connectivity index (χ0n) is 51.7. The van der Waals surface area contributed by atoms with Gasteiger partial charge in [-0.15, -0.1) is 0 Å². The average molecular weight is 1090 g/mol. The maximum absolute atomic E-state index is 12.3. The van der Waals surface area contributed by atoms with Gasteiger partial charge in [-0.3, -0.25) is 9.59 Å². The molecule has 0 aliphatic rings. The van der Waals surface area contributed by atoms with Crippen LogP contribution in [0.25, 0.3) is 0 Å². The topological polar surface area (TPSA) is 72.8 Å². The summed E-state index contributed by atoms with van der Waals surface area (Å²) in [6, 6.07) is 0. The molecule has 5 heteroatoms. The monoisotopic (exact) mass is 1080 g/mol. The summed E-state index contributed by atoms with van der Waals surface area (Å²) < 4.78 is 10.7. The number of ether oxygens (including phenoxy) is 2. The van der Waals surface area contributed by atoms with Crippen molar-refractivity contribution in [1.82, 2.24) is 0 Å². The van der Waals surface area contributed by atoms with Crippen LogP contribution in [0.2, 0.25) is 0 Å². The second-order valence-corrected chi connectivity index (χ2v) is 22.5. The smallest absolute Gasteiger partial charge is 0.306 e. The number of aliphatic hydroxyl groups is 1. The number of rotatable bonds is 62. The SMILES string of the molecule is CC/C=C\C/C=C\C/C=C\C/C=C\C/C=C\C/C=C\C/C=C\CCCCCCCCCC(=O)OC(CO)COC(=O)CCCCCCCCCCCCCCCCCCCCCCCCC/C=C\CCCCCCCCCC. The second kappa shape index (κ2) is 68.1. The molecule has 0 fully saturated rings. The molecule has 0 aromatic rings. The molecule has 0 amide bonds. The highest BCUT2D eigenvalue weighted by atomic mass is 16.6. The van der Waals surface area contributed by atoms with Crippen LogP contribution in [-0.4, -0.2) is 36.4 Å². The molecular formula is C73H128O5. The van der Waals surface area contributed by atoms with Crippen molar-refractivity contribution in [3.63, 3.8) is 0 Å². The van der Waals surface area contributed by atoms with Crippen LogP contribution in [-0.2, 0) is 19.1 Å². The number of hydrogen-bond donors (Lipinski definition) is 1. The van der Waals surface area contributed by atoms with Crippen LogP contribution < -0.4 is 0 Å². The lowest BCUT2D eigenvalue weighted by Gasteiger charge is -2.15. The second-order valence-electron chi connectivity index (χ2n) is 22.5. The lowest BCUT2D eigenvalue weighted by atomic mass is 10.0. The van der Waals surface area contributed by atoms with Gasteiger partial charge in [0.2, 0.25) is 0 Å². The number of allylic oxidation sites excluding steroid dienone is 16. The van der Waals surface area contributed by atoms with Gasteiger partial charge in [0.15, 0.2) is 6.10 Å². The molecule has 1 unspecified atom stereocenters. The maximum atomic E-state index is 12.3. The van der Waals surface area contributed by atoms with Crippen molar-refractivity contribution in [2.45, 2.75) is 341 Å². The van der Waals surface area contributed by atoms with E-state index in [0.29, 0.717) is 12.8 Å². The minimum absolute atomic E-state index is 0.0721. The van der Waals surface area contributed by atoms with Crippen LogP contribution in [0.1, 0.15) is 335 Å². The molecule has 78 heavy (non-hydrogen) atoms. The van der Waals surface area contributed by atoms with Crippen LogP contribution in [0.4, 0.5) is 0 Å². The molecule has 1 N–H and O–H groups in total. The Morgan fingerprint density at radius 3 is 0.846 bits per heavy atom. The highest BCUT2D eigenvalue weighted by Gasteiger charge is 2.16. The summed E-state index contributed by atoms with van der Waals surface area (Å²) in [6.45, 7) is 4.05. The van der Waals surface area contributed by atoms with Gasteiger partial charge in [0, 0.05) is 12.8 Å². The highest BCUT2D eigenvalue weighted by molar-refractivity contribution is 5.70. The summed E-state index contributed by atoms with van der Waals surface area (Å²) in [4.78, 5) is 24.6. The van der Waals surface area contributed by atoms with E-state index in [1.165, 1.54) is 218 Å². The Balaban J connectivity index is 3.47. The molecule has 0 spiro atoms. The Morgan fingerprint density at radius 2 is 0.551 bits per heavy atom. The summed E-state index contributed by atoms with van der Waals surface area (Å²) in [7, 11) is 0. The molecule has 0 rings (SSSR count). The van der Waals surface area contributed by atoms with Crippen molar-refractivity contribution < 1.29 is 24.2 Å². The summed E-state index contributed by atoms with van der Waals surface area (Å²) in [6.07, 6.45) is 97.2. The predicted octanol–water partition coefficient (Wildman–Crippen LogP) is 23.4. The molecule has 5 nitrogen and oxygen atoms in total. The average Bonchev–Trinajstić information content (AvgIpc) is 3.44. The van der Waals surface area contributed by atoms with Crippen molar-refractivity contribution in [1.29, 1.82) is 0 Å². The van der Waals surface area contributed by atoms with Crippen LogP contribution in [0.3, 0.4) is 0 Å². The van der Waals surface area contributed by atoms with Gasteiger partial charge >= 0.3 is 11.9 Å². The fourth-order valence-corrected chi connectivity index (χ4v) is 9.83. The molecular weight excluding hydrogens is 957 g/mol. The quantitative estimate of drug-likeness (QED) is 0.0373. The van der Waals surface area contributed by atoms with E-state index in [1.54, 1.807) is 0 Å². The largest absolute Gasteiger partial charge is 0.462 e. The lowest BCUT2D eigenvalue weighted by Crippen LogP contribution is -2.28. The molecule has 0 bridgehead atoms. The molecule has 1 atom stereocenters. The van der Waals surface area contributed by atoms with E-state index in [9.17, 15) is 14.7 Å². The Morgan fingerprint density at radius 1 is 0.308 bits per heavy atom. The molecule has 0 aromatic heterocycles. The first-order valence-corrected chi connectivity index (χ1v) is 33.8. The normalized spacial score (nSPS) is 12.8. The summed E-state index contributed by atoms with van der Waals surface area (Å²) in [5.74, 6) is -0.595. The minimum Gasteiger partial charge on any atom is -0.462 e. The van der Waals surface area contributed by atoms with Gasteiger partial charge in [-0.05, 0) is 96.3 Å². The standard InChI is InChI=1S/C73H128O5/c1-3-5-7-9-11-13-15-17-19-21-23-25-27-29-31-33-34-35-36-37-38-40-41-43-45-47-49-51-53-55-57-59-61-63-65-67-72(75)77-70-71(69-74)78-73(76)68-66-64-62-60-58-56-54-52-50-48-46-44-42-39-32-30-28-26-24-22-20-18-16-14-12-10-8-6-4-2/h6,8,12,14,18,20-21,23-24,26,30,32,42,44,48,50,71,74H,3-5,7,9-11,13,15-17,19,22,25,27-29,31,33-41,43,45-47,49,51-70H2,1-2H3/b8-6-,14-12-,20-18-,23-21-,26-24-,32-30-,44-42-,50-48-. The van der Waals surface area contributed by atoms with Crippen LogP contribution in [0, 0.1) is 0 Å². The first kappa shape index (κ1) is 74.8. The third kappa shape index (κ3) is 65.3. The third-order valence-corrected chi connectivity index (χ3v) is 14.9. The van der Waals surface area contributed by atoms with Gasteiger partial charge in [0.25, 0.3) is 0 Å². The van der Waals surface area contributed by atoms with Crippen molar-refractivity contribution in [3.05, 3.63) is 97.2 Å². The number of hydrogen-bond acceptors (Lipinski definition) is 5. The fraction of sp³-hybridized carbons (Fsp3) is 0.753. The maximum Gasteiger partial charge on any atom is 0.306 e. The molecule has 450 valence electrons. The van der Waals surface area contributed by atoms with Crippen molar-refractivity contribution in [2.75, 3.05) is 13.2 Å². The molecule has 0 saturated heterocycles. The van der Waals surface area contributed by atoms with E-state index in [1.807, 2.05) is 0 Å². The number of unbranched alkanes of at least 4 members (excludes halogenated alkanes) is 38.